The van der Waals surface area contributed by atoms with Crippen LogP contribution in [0.5, 0.6) is 0 Å². The van der Waals surface area contributed by atoms with Crippen LogP contribution >= 0.6 is 0 Å². The van der Waals surface area contributed by atoms with Crippen molar-refractivity contribution >= 4 is 11.9 Å². The molecule has 0 aliphatic rings. The van der Waals surface area contributed by atoms with Gasteiger partial charge < -0.3 is 5.32 Å². The maximum Gasteiger partial charge on any atom is 0.333 e. The van der Waals surface area contributed by atoms with Gasteiger partial charge in [0.05, 0.1) is 6.42 Å². The minimum absolute atomic E-state index is 0.0148. The summed E-state index contributed by atoms with van der Waals surface area (Å²) in [6.07, 6.45) is 0.0717. The van der Waals surface area contributed by atoms with Crippen molar-refractivity contribution in [2.45, 2.75) is 26.3 Å². The minimum Gasteiger partial charge on any atom is -0.335 e. The van der Waals surface area contributed by atoms with Gasteiger partial charge in [-0.05, 0) is 31.5 Å². The molecule has 0 saturated carbocycles. The topological polar surface area (TPSA) is 70.2 Å². The molecule has 0 heterocycles. The number of urea groups is 1. The molecule has 6 heteroatoms. The first-order valence-electron chi connectivity index (χ1n) is 5.57. The van der Waals surface area contributed by atoms with Gasteiger partial charge in [-0.25, -0.2) is 14.6 Å². The highest BCUT2D eigenvalue weighted by molar-refractivity contribution is 5.82. The third-order valence-corrected chi connectivity index (χ3v) is 2.01. The van der Waals surface area contributed by atoms with E-state index in [1.807, 2.05) is 0 Å². The normalized spacial score (nSPS) is 10.0. The lowest BCUT2D eigenvalue weighted by atomic mass is 10.1. The monoisotopic (exact) mass is 253 g/mol. The third-order valence-electron chi connectivity index (χ3n) is 2.01. The molecule has 0 aromatic heterocycles. The summed E-state index contributed by atoms with van der Waals surface area (Å²) >= 11 is 0. The Morgan fingerprint density at radius 3 is 2.33 bits per heavy atom. The smallest absolute Gasteiger partial charge is 0.333 e. The van der Waals surface area contributed by atoms with Gasteiger partial charge in [-0.15, -0.1) is 0 Å². The van der Waals surface area contributed by atoms with Gasteiger partial charge in [-0.3, -0.25) is 10.2 Å². The average molecular weight is 253 g/mol. The Morgan fingerprint density at radius 2 is 1.78 bits per heavy atom. The highest BCUT2D eigenvalue weighted by Crippen LogP contribution is 2.02. The fourth-order valence-corrected chi connectivity index (χ4v) is 1.26. The summed E-state index contributed by atoms with van der Waals surface area (Å²) in [5.74, 6) is -0.728. The van der Waals surface area contributed by atoms with Crippen LogP contribution in [0.3, 0.4) is 0 Å². The number of nitrogens with one attached hydrogen (secondary N) is 3. The molecular formula is C12H16FN3O2. The predicted octanol–water partition coefficient (Wildman–Crippen LogP) is 1.11. The molecule has 0 fully saturated rings. The molecule has 98 valence electrons. The van der Waals surface area contributed by atoms with Gasteiger partial charge >= 0.3 is 6.03 Å². The SMILES string of the molecule is CC(C)NC(=O)NNC(=O)Cc1ccc(F)cc1. The number of benzene rings is 1. The van der Waals surface area contributed by atoms with E-state index in [0.29, 0.717) is 5.56 Å². The first-order chi connectivity index (χ1) is 8.47. The van der Waals surface area contributed by atoms with Crippen molar-refractivity contribution in [1.82, 2.24) is 16.2 Å². The van der Waals surface area contributed by atoms with Crippen molar-refractivity contribution in [3.63, 3.8) is 0 Å². The number of rotatable bonds is 3. The molecule has 3 N–H and O–H groups in total. The van der Waals surface area contributed by atoms with Crippen LogP contribution in [0.15, 0.2) is 24.3 Å². The molecule has 5 nitrogen and oxygen atoms in total. The first kappa shape index (κ1) is 14.0. The van der Waals surface area contributed by atoms with E-state index in [2.05, 4.69) is 16.2 Å². The fraction of sp³-hybridized carbons (Fsp3) is 0.333. The van der Waals surface area contributed by atoms with Crippen LogP contribution in [0, 0.1) is 5.82 Å². The number of carbonyl (C=O) groups is 2. The lowest BCUT2D eigenvalue weighted by Gasteiger charge is -2.10. The van der Waals surface area contributed by atoms with Gasteiger partial charge in [0.2, 0.25) is 5.91 Å². The molecule has 18 heavy (non-hydrogen) atoms. The predicted molar refractivity (Wildman–Crippen MR) is 65.1 cm³/mol. The Labute approximate surface area is 105 Å². The molecule has 0 aliphatic heterocycles. The molecule has 1 aromatic carbocycles. The molecular weight excluding hydrogens is 237 g/mol. The average Bonchev–Trinajstić information content (AvgIpc) is 2.29. The number of hydrogen-bond acceptors (Lipinski definition) is 2. The number of hydrazine groups is 1. The molecule has 0 unspecified atom stereocenters. The van der Waals surface area contributed by atoms with E-state index in [1.54, 1.807) is 13.8 Å². The lowest BCUT2D eigenvalue weighted by Crippen LogP contribution is -2.49. The lowest BCUT2D eigenvalue weighted by molar-refractivity contribution is -0.121. The molecule has 0 bridgehead atoms. The van der Waals surface area contributed by atoms with E-state index < -0.39 is 6.03 Å². The first-order valence-corrected chi connectivity index (χ1v) is 5.57. The van der Waals surface area contributed by atoms with Crippen molar-refractivity contribution < 1.29 is 14.0 Å². The molecule has 3 amide bonds. The zero-order valence-electron chi connectivity index (χ0n) is 10.3. The van der Waals surface area contributed by atoms with Crippen LogP contribution in [0.1, 0.15) is 19.4 Å². The van der Waals surface area contributed by atoms with Crippen LogP contribution < -0.4 is 16.2 Å². The largest absolute Gasteiger partial charge is 0.335 e. The standard InChI is InChI=1S/C12H16FN3O2/c1-8(2)14-12(18)16-15-11(17)7-9-3-5-10(13)6-4-9/h3-6,8H,7H2,1-2H3,(H,15,17)(H2,14,16,18). The van der Waals surface area contributed by atoms with Crippen LogP contribution in [-0.4, -0.2) is 18.0 Å². The Hall–Kier alpha value is -2.11. The van der Waals surface area contributed by atoms with Crippen molar-refractivity contribution in [2.75, 3.05) is 0 Å². The fourth-order valence-electron chi connectivity index (χ4n) is 1.26. The third kappa shape index (κ3) is 5.29. The summed E-state index contributed by atoms with van der Waals surface area (Å²) in [5.41, 5.74) is 5.14. The summed E-state index contributed by atoms with van der Waals surface area (Å²) in [6.45, 7) is 3.61. The van der Waals surface area contributed by atoms with Crippen molar-refractivity contribution in [1.29, 1.82) is 0 Å². The molecule has 0 saturated heterocycles. The van der Waals surface area contributed by atoms with Crippen LogP contribution in [0.4, 0.5) is 9.18 Å². The van der Waals surface area contributed by atoms with Crippen LogP contribution in [0.25, 0.3) is 0 Å². The van der Waals surface area contributed by atoms with Crippen LogP contribution in [0.2, 0.25) is 0 Å². The molecule has 0 spiro atoms. The Kier molecular flexibility index (Phi) is 5.10. The van der Waals surface area contributed by atoms with Gasteiger partial charge in [-0.1, -0.05) is 12.1 Å². The van der Waals surface area contributed by atoms with Gasteiger partial charge in [0.25, 0.3) is 0 Å². The summed E-state index contributed by atoms with van der Waals surface area (Å²) in [7, 11) is 0. The Morgan fingerprint density at radius 1 is 1.17 bits per heavy atom. The molecule has 0 atom stereocenters. The summed E-state index contributed by atoms with van der Waals surface area (Å²) < 4.78 is 12.6. The second-order valence-electron chi connectivity index (χ2n) is 4.10. The maximum atomic E-state index is 12.6. The van der Waals surface area contributed by atoms with E-state index in [0.717, 1.165) is 0 Å². The number of carbonyl (C=O) groups excluding carboxylic acids is 2. The van der Waals surface area contributed by atoms with Crippen LogP contribution in [-0.2, 0) is 11.2 Å². The van der Waals surface area contributed by atoms with Gasteiger partial charge in [0.1, 0.15) is 5.82 Å². The van der Waals surface area contributed by atoms with Gasteiger partial charge in [-0.2, -0.15) is 0 Å². The van der Waals surface area contributed by atoms with Crippen molar-refractivity contribution in [2.24, 2.45) is 0 Å². The zero-order valence-corrected chi connectivity index (χ0v) is 10.3. The van der Waals surface area contributed by atoms with E-state index >= 15 is 0 Å². The number of halogens is 1. The van der Waals surface area contributed by atoms with E-state index in [9.17, 15) is 14.0 Å². The molecule has 1 aromatic rings. The molecule has 0 aliphatic carbocycles. The van der Waals surface area contributed by atoms with E-state index in [1.165, 1.54) is 24.3 Å². The summed E-state index contributed by atoms with van der Waals surface area (Å²) in [6, 6.07) is 5.10. The molecule has 0 radical (unpaired) electrons. The Bertz CT molecular complexity index is 418. The van der Waals surface area contributed by atoms with Gasteiger partial charge in [0.15, 0.2) is 0 Å². The summed E-state index contributed by atoms with van der Waals surface area (Å²) in [5, 5.41) is 2.56. The minimum atomic E-state index is -0.475. The summed E-state index contributed by atoms with van der Waals surface area (Å²) in [4.78, 5) is 22.6. The number of amides is 3. The second-order valence-corrected chi connectivity index (χ2v) is 4.10. The highest BCUT2D eigenvalue weighted by atomic mass is 19.1. The number of hydrogen-bond donors (Lipinski definition) is 3. The second kappa shape index (κ2) is 6.58. The van der Waals surface area contributed by atoms with Gasteiger partial charge in [0, 0.05) is 6.04 Å². The molecule has 1 rings (SSSR count). The van der Waals surface area contributed by atoms with E-state index in [-0.39, 0.29) is 24.2 Å². The highest BCUT2D eigenvalue weighted by Gasteiger charge is 2.06. The van der Waals surface area contributed by atoms with E-state index in [4.69, 9.17) is 0 Å². The van der Waals surface area contributed by atoms with Crippen molar-refractivity contribution in [3.05, 3.63) is 35.6 Å². The zero-order chi connectivity index (χ0) is 13.5. The quantitative estimate of drug-likeness (QED) is 0.706. The van der Waals surface area contributed by atoms with Crippen molar-refractivity contribution in [3.8, 4) is 0 Å². The Balaban J connectivity index is 2.34. The maximum absolute atomic E-state index is 12.6.